The van der Waals surface area contributed by atoms with Crippen molar-refractivity contribution in [3.63, 3.8) is 0 Å². The molecule has 5 heteroatoms. The number of aliphatic carboxylic acids is 1. The molecular weight excluding hydrogens is 186 g/mol. The van der Waals surface area contributed by atoms with E-state index in [0.717, 1.165) is 19.4 Å². The average molecular weight is 201 g/mol. The van der Waals surface area contributed by atoms with Crippen LogP contribution in [0, 0.1) is 0 Å². The van der Waals surface area contributed by atoms with Crippen LogP contribution in [0.1, 0.15) is 12.8 Å². The minimum absolute atomic E-state index is 0.0509. The third-order valence-electron chi connectivity index (χ3n) is 2.78. The molecule has 80 valence electrons. The zero-order chi connectivity index (χ0) is 9.97. The van der Waals surface area contributed by atoms with E-state index >= 15 is 0 Å². The Labute approximate surface area is 82.6 Å². The molecule has 0 amide bonds. The van der Waals surface area contributed by atoms with Crippen LogP contribution in [0.4, 0.5) is 0 Å². The number of carboxylic acid groups (broad SMARTS) is 1. The van der Waals surface area contributed by atoms with Crippen LogP contribution in [0.3, 0.4) is 0 Å². The van der Waals surface area contributed by atoms with Gasteiger partial charge in [0.25, 0.3) is 0 Å². The van der Waals surface area contributed by atoms with Crippen LogP contribution in [-0.4, -0.2) is 54.6 Å². The highest BCUT2D eigenvalue weighted by Crippen LogP contribution is 2.19. The first-order chi connectivity index (χ1) is 6.77. The number of rotatable bonds is 3. The van der Waals surface area contributed by atoms with Gasteiger partial charge in [0, 0.05) is 6.54 Å². The number of nitrogens with zero attached hydrogens (tertiary/aromatic N) is 1. The zero-order valence-corrected chi connectivity index (χ0v) is 8.02. The van der Waals surface area contributed by atoms with E-state index in [0.29, 0.717) is 19.9 Å². The van der Waals surface area contributed by atoms with E-state index in [1.807, 2.05) is 4.90 Å². The van der Waals surface area contributed by atoms with Crippen molar-refractivity contribution in [3.8, 4) is 0 Å². The van der Waals surface area contributed by atoms with Crippen LogP contribution in [0.25, 0.3) is 0 Å². The predicted molar refractivity (Wildman–Crippen MR) is 47.9 cm³/mol. The van der Waals surface area contributed by atoms with Gasteiger partial charge in [-0.2, -0.15) is 0 Å². The Kier molecular flexibility index (Phi) is 3.00. The molecule has 0 aromatic heterocycles. The lowest BCUT2D eigenvalue weighted by atomic mass is 10.2. The molecule has 0 spiro atoms. The molecule has 2 aliphatic heterocycles. The minimum atomic E-state index is -0.721. The lowest BCUT2D eigenvalue weighted by molar-refractivity contribution is -0.142. The second-order valence-corrected chi connectivity index (χ2v) is 3.77. The molecule has 2 heterocycles. The summed E-state index contributed by atoms with van der Waals surface area (Å²) >= 11 is 0. The molecule has 5 nitrogen and oxygen atoms in total. The van der Waals surface area contributed by atoms with Crippen molar-refractivity contribution in [2.24, 2.45) is 0 Å². The Hall–Kier alpha value is -0.650. The Balaban J connectivity index is 1.86. The molecule has 1 N–H and O–H groups in total. The smallest absolute Gasteiger partial charge is 0.320 e. The van der Waals surface area contributed by atoms with Crippen LogP contribution in [0.15, 0.2) is 0 Å². The molecule has 2 atom stereocenters. The molecule has 0 saturated carbocycles. The summed E-state index contributed by atoms with van der Waals surface area (Å²) in [5.74, 6) is -0.721. The monoisotopic (exact) mass is 201 g/mol. The summed E-state index contributed by atoms with van der Waals surface area (Å²) in [5.41, 5.74) is 0. The first-order valence-corrected chi connectivity index (χ1v) is 4.93. The lowest BCUT2D eigenvalue weighted by Crippen LogP contribution is -2.41. The van der Waals surface area contributed by atoms with E-state index in [9.17, 15) is 4.79 Å². The van der Waals surface area contributed by atoms with Crippen LogP contribution in [-0.2, 0) is 14.3 Å². The number of ether oxygens (including phenoxy) is 2. The topological polar surface area (TPSA) is 59.0 Å². The number of carbonyl (C=O) groups is 1. The van der Waals surface area contributed by atoms with Crippen LogP contribution < -0.4 is 0 Å². The van der Waals surface area contributed by atoms with Crippen molar-refractivity contribution >= 4 is 5.97 Å². The van der Waals surface area contributed by atoms with Gasteiger partial charge in [0.05, 0.1) is 12.7 Å². The maximum atomic E-state index is 10.9. The molecule has 0 aromatic carbocycles. The second kappa shape index (κ2) is 4.25. The number of hydrogen-bond donors (Lipinski definition) is 1. The van der Waals surface area contributed by atoms with E-state index in [2.05, 4.69) is 0 Å². The molecule has 2 unspecified atom stereocenters. The Bertz CT molecular complexity index is 215. The molecule has 2 aliphatic rings. The second-order valence-electron chi connectivity index (χ2n) is 3.77. The third kappa shape index (κ3) is 2.05. The quantitative estimate of drug-likeness (QED) is 0.691. The molecule has 2 fully saturated rings. The van der Waals surface area contributed by atoms with Crippen LogP contribution in [0.5, 0.6) is 0 Å². The van der Waals surface area contributed by atoms with Crippen molar-refractivity contribution in [1.82, 2.24) is 4.90 Å². The van der Waals surface area contributed by atoms with Gasteiger partial charge in [0.15, 0.2) is 0 Å². The summed E-state index contributed by atoms with van der Waals surface area (Å²) in [7, 11) is 0. The van der Waals surface area contributed by atoms with E-state index < -0.39 is 5.97 Å². The Morgan fingerprint density at radius 1 is 1.57 bits per heavy atom. The van der Waals surface area contributed by atoms with Gasteiger partial charge in [-0.1, -0.05) is 0 Å². The van der Waals surface area contributed by atoms with Crippen molar-refractivity contribution in [2.45, 2.75) is 25.0 Å². The van der Waals surface area contributed by atoms with Crippen molar-refractivity contribution in [3.05, 3.63) is 0 Å². The molecular formula is C9H15NO4. The highest BCUT2D eigenvalue weighted by Gasteiger charge is 2.32. The molecule has 2 rings (SSSR count). The highest BCUT2D eigenvalue weighted by atomic mass is 16.7. The van der Waals surface area contributed by atoms with Gasteiger partial charge in [-0.05, 0) is 19.4 Å². The SMILES string of the molecule is O=C(O)C1CCCN1CC1COCO1. The van der Waals surface area contributed by atoms with Gasteiger partial charge in [-0.3, -0.25) is 9.69 Å². The lowest BCUT2D eigenvalue weighted by Gasteiger charge is -2.23. The first kappa shape index (κ1) is 9.89. The summed E-state index contributed by atoms with van der Waals surface area (Å²) in [6, 6.07) is -0.320. The van der Waals surface area contributed by atoms with Gasteiger partial charge >= 0.3 is 5.97 Å². The van der Waals surface area contributed by atoms with Crippen molar-refractivity contribution < 1.29 is 19.4 Å². The predicted octanol–water partition coefficient (Wildman–Crippen LogP) is -0.0917. The van der Waals surface area contributed by atoms with Gasteiger partial charge in [0.2, 0.25) is 0 Å². The maximum Gasteiger partial charge on any atom is 0.320 e. The number of likely N-dealkylation sites (tertiary alicyclic amines) is 1. The van der Waals surface area contributed by atoms with Gasteiger partial charge in [0.1, 0.15) is 12.8 Å². The van der Waals surface area contributed by atoms with Crippen molar-refractivity contribution in [2.75, 3.05) is 26.5 Å². The Morgan fingerprint density at radius 2 is 2.43 bits per heavy atom. The molecule has 0 radical (unpaired) electrons. The summed E-state index contributed by atoms with van der Waals surface area (Å²) < 4.78 is 10.4. The van der Waals surface area contributed by atoms with Crippen LogP contribution in [0.2, 0.25) is 0 Å². The number of hydrogen-bond acceptors (Lipinski definition) is 4. The fourth-order valence-corrected chi connectivity index (χ4v) is 2.06. The van der Waals surface area contributed by atoms with Gasteiger partial charge in [-0.25, -0.2) is 0 Å². The van der Waals surface area contributed by atoms with E-state index in [4.69, 9.17) is 14.6 Å². The first-order valence-electron chi connectivity index (χ1n) is 4.93. The summed E-state index contributed by atoms with van der Waals surface area (Å²) in [6.45, 7) is 2.47. The summed E-state index contributed by atoms with van der Waals surface area (Å²) in [6.07, 6.45) is 1.77. The average Bonchev–Trinajstić information content (AvgIpc) is 2.75. The fraction of sp³-hybridized carbons (Fsp3) is 0.889. The van der Waals surface area contributed by atoms with Gasteiger partial charge < -0.3 is 14.6 Å². The van der Waals surface area contributed by atoms with Crippen LogP contribution >= 0.6 is 0 Å². The zero-order valence-electron chi connectivity index (χ0n) is 8.02. The largest absolute Gasteiger partial charge is 0.480 e. The standard InChI is InChI=1S/C9H15NO4/c11-9(12)8-2-1-3-10(8)4-7-5-13-6-14-7/h7-8H,1-6H2,(H,11,12). The fourth-order valence-electron chi connectivity index (χ4n) is 2.06. The molecule has 2 saturated heterocycles. The van der Waals surface area contributed by atoms with E-state index in [1.54, 1.807) is 0 Å². The molecule has 0 bridgehead atoms. The van der Waals surface area contributed by atoms with Crippen molar-refractivity contribution in [1.29, 1.82) is 0 Å². The third-order valence-corrected chi connectivity index (χ3v) is 2.78. The molecule has 0 aromatic rings. The molecule has 14 heavy (non-hydrogen) atoms. The maximum absolute atomic E-state index is 10.9. The van der Waals surface area contributed by atoms with E-state index in [1.165, 1.54) is 0 Å². The number of carboxylic acids is 1. The van der Waals surface area contributed by atoms with E-state index in [-0.39, 0.29) is 12.1 Å². The molecule has 0 aliphatic carbocycles. The normalized spacial score (nSPS) is 33.7. The summed E-state index contributed by atoms with van der Waals surface area (Å²) in [5, 5.41) is 8.94. The van der Waals surface area contributed by atoms with Gasteiger partial charge in [-0.15, -0.1) is 0 Å². The Morgan fingerprint density at radius 3 is 3.07 bits per heavy atom. The highest BCUT2D eigenvalue weighted by molar-refractivity contribution is 5.73. The minimum Gasteiger partial charge on any atom is -0.480 e. The summed E-state index contributed by atoms with van der Waals surface area (Å²) in [4.78, 5) is 12.8.